The molecule has 0 radical (unpaired) electrons. The van der Waals surface area contributed by atoms with Crippen molar-refractivity contribution in [3.63, 3.8) is 0 Å². The van der Waals surface area contributed by atoms with Gasteiger partial charge in [-0.05, 0) is 35.3 Å². The van der Waals surface area contributed by atoms with Crippen molar-refractivity contribution >= 4 is 33.7 Å². The Morgan fingerprint density at radius 3 is 2.63 bits per heavy atom. The number of carbonyl (C=O) groups is 3. The Morgan fingerprint density at radius 1 is 1.30 bits per heavy atom. The molecule has 1 N–H and O–H groups in total. The number of hydrogen-bond acceptors (Lipinski definition) is 6. The van der Waals surface area contributed by atoms with E-state index in [0.717, 1.165) is 0 Å². The molecule has 1 fully saturated rings. The number of amides is 3. The highest BCUT2D eigenvalue weighted by molar-refractivity contribution is 9.10. The molecule has 0 saturated carbocycles. The van der Waals surface area contributed by atoms with E-state index in [2.05, 4.69) is 21.2 Å². The summed E-state index contributed by atoms with van der Waals surface area (Å²) >= 11 is 3.31. The molecule has 144 valence electrons. The SMILES string of the molecule is CCOc1cc(C#N)cc(Br)c1OCC(=O)NCCCN1C(=O)CCC1=O. The molecule has 1 aromatic rings. The zero-order valence-corrected chi connectivity index (χ0v) is 16.5. The molecule has 1 heterocycles. The van der Waals surface area contributed by atoms with E-state index in [1.54, 1.807) is 19.1 Å². The predicted octanol–water partition coefficient (Wildman–Crippen LogP) is 1.75. The molecule has 0 aromatic heterocycles. The van der Waals surface area contributed by atoms with E-state index >= 15 is 0 Å². The average molecular weight is 438 g/mol. The minimum Gasteiger partial charge on any atom is -0.490 e. The van der Waals surface area contributed by atoms with Gasteiger partial charge in [0.2, 0.25) is 11.8 Å². The minimum atomic E-state index is -0.340. The van der Waals surface area contributed by atoms with Crippen LogP contribution in [0.2, 0.25) is 0 Å². The monoisotopic (exact) mass is 437 g/mol. The Labute approximate surface area is 165 Å². The van der Waals surface area contributed by atoms with Crippen molar-refractivity contribution in [2.45, 2.75) is 26.2 Å². The molecule has 0 bridgehead atoms. The Hall–Kier alpha value is -2.60. The average Bonchev–Trinajstić information content (AvgIpc) is 2.96. The van der Waals surface area contributed by atoms with Gasteiger partial charge in [-0.3, -0.25) is 19.3 Å². The molecule has 27 heavy (non-hydrogen) atoms. The van der Waals surface area contributed by atoms with Crippen molar-refractivity contribution in [3.05, 3.63) is 22.2 Å². The van der Waals surface area contributed by atoms with Crippen LogP contribution in [0, 0.1) is 11.3 Å². The van der Waals surface area contributed by atoms with Gasteiger partial charge in [0.05, 0.1) is 22.7 Å². The molecule has 1 aliphatic rings. The lowest BCUT2D eigenvalue weighted by atomic mass is 10.2. The molecule has 9 heteroatoms. The van der Waals surface area contributed by atoms with Crippen LogP contribution in [0.3, 0.4) is 0 Å². The van der Waals surface area contributed by atoms with E-state index in [0.29, 0.717) is 47.7 Å². The van der Waals surface area contributed by atoms with Gasteiger partial charge in [0.15, 0.2) is 18.1 Å². The van der Waals surface area contributed by atoms with E-state index in [-0.39, 0.29) is 37.2 Å². The molecular weight excluding hydrogens is 418 g/mol. The standard InChI is InChI=1S/C18H20BrN3O5/c1-2-26-14-9-12(10-20)8-13(19)18(14)27-11-15(23)21-6-3-7-22-16(24)4-5-17(22)25/h8-9H,2-7,11H2,1H3,(H,21,23). The van der Waals surface area contributed by atoms with Crippen LogP contribution >= 0.6 is 15.9 Å². The third-order valence-electron chi connectivity index (χ3n) is 3.82. The normalized spacial score (nSPS) is 13.4. The second kappa shape index (κ2) is 9.92. The van der Waals surface area contributed by atoms with E-state index in [4.69, 9.17) is 14.7 Å². The molecule has 0 aliphatic carbocycles. The smallest absolute Gasteiger partial charge is 0.257 e. The van der Waals surface area contributed by atoms with Gasteiger partial charge < -0.3 is 14.8 Å². The van der Waals surface area contributed by atoms with Crippen LogP contribution in [-0.2, 0) is 14.4 Å². The van der Waals surface area contributed by atoms with Gasteiger partial charge in [-0.25, -0.2) is 0 Å². The number of carbonyl (C=O) groups excluding carboxylic acids is 3. The fourth-order valence-corrected chi connectivity index (χ4v) is 3.12. The molecule has 1 aliphatic heterocycles. The highest BCUT2D eigenvalue weighted by Gasteiger charge is 2.27. The first-order valence-corrected chi connectivity index (χ1v) is 9.34. The van der Waals surface area contributed by atoms with Crippen molar-refractivity contribution < 1.29 is 23.9 Å². The van der Waals surface area contributed by atoms with Gasteiger partial charge in [0.1, 0.15) is 0 Å². The first kappa shape index (κ1) is 20.7. The van der Waals surface area contributed by atoms with Crippen LogP contribution in [0.15, 0.2) is 16.6 Å². The summed E-state index contributed by atoms with van der Waals surface area (Å²) in [6, 6.07) is 5.16. The van der Waals surface area contributed by atoms with E-state index in [1.165, 1.54) is 4.90 Å². The molecule has 0 unspecified atom stereocenters. The van der Waals surface area contributed by atoms with Gasteiger partial charge in [-0.2, -0.15) is 5.26 Å². The molecule has 0 spiro atoms. The van der Waals surface area contributed by atoms with Crippen LogP contribution in [0.5, 0.6) is 11.5 Å². The lowest BCUT2D eigenvalue weighted by Crippen LogP contribution is -2.34. The predicted molar refractivity (Wildman–Crippen MR) is 99.1 cm³/mol. The van der Waals surface area contributed by atoms with Crippen molar-refractivity contribution in [2.75, 3.05) is 26.3 Å². The van der Waals surface area contributed by atoms with Gasteiger partial charge in [0.25, 0.3) is 5.91 Å². The Balaban J connectivity index is 1.81. The van der Waals surface area contributed by atoms with Crippen LogP contribution in [0.4, 0.5) is 0 Å². The number of nitrogens with zero attached hydrogens (tertiary/aromatic N) is 2. The topological polar surface area (TPSA) is 109 Å². The summed E-state index contributed by atoms with van der Waals surface area (Å²) in [6.07, 6.45) is 1.01. The third-order valence-corrected chi connectivity index (χ3v) is 4.41. The summed E-state index contributed by atoms with van der Waals surface area (Å²) < 4.78 is 11.5. The molecule has 3 amide bonds. The van der Waals surface area contributed by atoms with E-state index in [9.17, 15) is 14.4 Å². The van der Waals surface area contributed by atoms with Crippen molar-refractivity contribution in [3.8, 4) is 17.6 Å². The number of ether oxygens (including phenoxy) is 2. The van der Waals surface area contributed by atoms with Crippen LogP contribution < -0.4 is 14.8 Å². The lowest BCUT2D eigenvalue weighted by Gasteiger charge is -2.15. The Morgan fingerprint density at radius 2 is 2.00 bits per heavy atom. The molecule has 0 atom stereocenters. The van der Waals surface area contributed by atoms with Gasteiger partial charge in [-0.15, -0.1) is 0 Å². The number of hydrogen-bond donors (Lipinski definition) is 1. The number of likely N-dealkylation sites (tertiary alicyclic amines) is 1. The zero-order chi connectivity index (χ0) is 19.8. The number of halogens is 1. The largest absolute Gasteiger partial charge is 0.490 e. The van der Waals surface area contributed by atoms with Crippen molar-refractivity contribution in [1.29, 1.82) is 5.26 Å². The minimum absolute atomic E-state index is 0.163. The molecule has 8 nitrogen and oxygen atoms in total. The first-order valence-electron chi connectivity index (χ1n) is 8.55. The maximum atomic E-state index is 12.0. The van der Waals surface area contributed by atoms with Crippen LogP contribution in [-0.4, -0.2) is 48.9 Å². The quantitative estimate of drug-likeness (QED) is 0.465. The Kier molecular flexibility index (Phi) is 7.61. The van der Waals surface area contributed by atoms with Gasteiger partial charge in [-0.1, -0.05) is 0 Å². The summed E-state index contributed by atoms with van der Waals surface area (Å²) in [7, 11) is 0. The lowest BCUT2D eigenvalue weighted by molar-refractivity contribution is -0.138. The Bertz CT molecular complexity index is 759. The zero-order valence-electron chi connectivity index (χ0n) is 14.9. The van der Waals surface area contributed by atoms with E-state index in [1.807, 2.05) is 6.07 Å². The number of imide groups is 1. The fraction of sp³-hybridized carbons (Fsp3) is 0.444. The highest BCUT2D eigenvalue weighted by atomic mass is 79.9. The maximum Gasteiger partial charge on any atom is 0.257 e. The van der Waals surface area contributed by atoms with Crippen LogP contribution in [0.1, 0.15) is 31.7 Å². The number of nitrogens with one attached hydrogen (secondary N) is 1. The summed E-state index contributed by atoms with van der Waals surface area (Å²) in [5, 5.41) is 11.7. The maximum absolute atomic E-state index is 12.0. The first-order chi connectivity index (χ1) is 13.0. The van der Waals surface area contributed by atoms with Gasteiger partial charge in [0, 0.05) is 32.0 Å². The molecule has 1 saturated heterocycles. The summed E-state index contributed by atoms with van der Waals surface area (Å²) in [5.41, 5.74) is 0.410. The summed E-state index contributed by atoms with van der Waals surface area (Å²) in [4.78, 5) is 36.2. The number of rotatable bonds is 9. The van der Waals surface area contributed by atoms with Crippen molar-refractivity contribution in [1.82, 2.24) is 10.2 Å². The summed E-state index contributed by atoms with van der Waals surface area (Å²) in [5.74, 6) is 0.0573. The second-order valence-corrected chi connectivity index (χ2v) is 6.62. The van der Waals surface area contributed by atoms with Crippen LogP contribution in [0.25, 0.3) is 0 Å². The van der Waals surface area contributed by atoms with E-state index < -0.39 is 0 Å². The second-order valence-electron chi connectivity index (χ2n) is 5.76. The fourth-order valence-electron chi connectivity index (χ4n) is 2.56. The molecule has 2 rings (SSSR count). The summed E-state index contributed by atoms with van der Waals surface area (Å²) in [6.45, 7) is 2.59. The highest BCUT2D eigenvalue weighted by Crippen LogP contribution is 2.36. The number of nitriles is 1. The molecular formula is C18H20BrN3O5. The van der Waals surface area contributed by atoms with Gasteiger partial charge >= 0.3 is 0 Å². The van der Waals surface area contributed by atoms with Crippen molar-refractivity contribution in [2.24, 2.45) is 0 Å². The number of benzene rings is 1. The third kappa shape index (κ3) is 5.69. The molecule has 1 aromatic carbocycles.